The molecule has 0 amide bonds. The Kier molecular flexibility index (Phi) is 16.2. The molecule has 0 saturated carbocycles. The van der Waals surface area contributed by atoms with Crippen molar-refractivity contribution >= 4 is 11.9 Å². The van der Waals surface area contributed by atoms with Crippen LogP contribution in [0.2, 0.25) is 0 Å². The Labute approximate surface area is 162 Å². The van der Waals surface area contributed by atoms with Crippen molar-refractivity contribution in [2.24, 2.45) is 0 Å². The van der Waals surface area contributed by atoms with E-state index in [0.29, 0.717) is 19.8 Å². The Morgan fingerprint density at radius 3 is 1.96 bits per heavy atom. The molecule has 0 aromatic carbocycles. The third-order valence-corrected chi connectivity index (χ3v) is 3.55. The number of carbonyl (C=O) groups excluding carboxylic acids is 1. The van der Waals surface area contributed by atoms with Gasteiger partial charge in [-0.3, -0.25) is 9.59 Å². The van der Waals surface area contributed by atoms with Gasteiger partial charge in [0, 0.05) is 19.4 Å². The van der Waals surface area contributed by atoms with E-state index in [-0.39, 0.29) is 39.1 Å². The molecule has 0 bridgehead atoms. The molecule has 8 nitrogen and oxygen atoms in total. The molecule has 27 heavy (non-hydrogen) atoms. The summed E-state index contributed by atoms with van der Waals surface area (Å²) in [5.41, 5.74) is 0. The first kappa shape index (κ1) is 25.8. The molecule has 8 heteroatoms. The lowest BCUT2D eigenvalue weighted by Crippen LogP contribution is -2.45. The average molecular weight is 392 g/mol. The molecule has 0 rings (SSSR count). The maximum Gasteiger partial charge on any atom is 0.307 e. The van der Waals surface area contributed by atoms with Crippen molar-refractivity contribution in [3.8, 4) is 0 Å². The monoisotopic (exact) mass is 392 g/mol. The Morgan fingerprint density at radius 2 is 1.44 bits per heavy atom. The van der Waals surface area contributed by atoms with Crippen molar-refractivity contribution in [3.05, 3.63) is 0 Å². The van der Waals surface area contributed by atoms with Crippen LogP contribution in [0, 0.1) is 0 Å². The lowest BCUT2D eigenvalue weighted by atomic mass is 10.2. The first-order valence-corrected chi connectivity index (χ1v) is 9.86. The predicted molar refractivity (Wildman–Crippen MR) is 99.3 cm³/mol. The molecule has 0 saturated heterocycles. The van der Waals surface area contributed by atoms with Crippen molar-refractivity contribution in [1.29, 1.82) is 0 Å². The second-order valence-electron chi connectivity index (χ2n) is 6.04. The van der Waals surface area contributed by atoms with E-state index in [4.69, 9.17) is 28.8 Å². The van der Waals surface area contributed by atoms with Gasteiger partial charge in [0.1, 0.15) is 13.2 Å². The molecule has 0 aliphatic heterocycles. The predicted octanol–water partition coefficient (Wildman–Crippen LogP) is 3.12. The number of rotatable bonds is 19. The molecule has 0 aliphatic carbocycles. The van der Waals surface area contributed by atoms with E-state index >= 15 is 0 Å². The van der Waals surface area contributed by atoms with Crippen LogP contribution < -0.4 is 0 Å². The summed E-state index contributed by atoms with van der Waals surface area (Å²) >= 11 is 0. The fraction of sp³-hybridized carbons (Fsp3) is 0.895. The van der Waals surface area contributed by atoms with Gasteiger partial charge in [-0.1, -0.05) is 26.7 Å². The molecule has 0 aliphatic rings. The zero-order valence-electron chi connectivity index (χ0n) is 17.0. The van der Waals surface area contributed by atoms with Gasteiger partial charge in [-0.25, -0.2) is 0 Å². The summed E-state index contributed by atoms with van der Waals surface area (Å²) in [5, 5.41) is 8.54. The van der Waals surface area contributed by atoms with Gasteiger partial charge in [-0.05, 0) is 26.2 Å². The Morgan fingerprint density at radius 1 is 0.815 bits per heavy atom. The molecule has 0 spiro atoms. The number of unbranched alkanes of at least 4 members (excludes halogenated alkanes) is 2. The van der Waals surface area contributed by atoms with E-state index in [1.54, 1.807) is 0 Å². The topological polar surface area (TPSA) is 101 Å². The number of hydrogen-bond donors (Lipinski definition) is 1. The third kappa shape index (κ3) is 14.5. The number of carboxylic acid groups (broad SMARTS) is 1. The van der Waals surface area contributed by atoms with E-state index in [2.05, 4.69) is 13.8 Å². The summed E-state index contributed by atoms with van der Waals surface area (Å²) in [7, 11) is 0. The smallest absolute Gasteiger partial charge is 0.307 e. The van der Waals surface area contributed by atoms with Crippen LogP contribution in [0.4, 0.5) is 0 Å². The minimum absolute atomic E-state index is 0.0489. The Bertz CT molecular complexity index is 376. The summed E-state index contributed by atoms with van der Waals surface area (Å²) in [6.45, 7) is 7.77. The maximum absolute atomic E-state index is 11.5. The van der Waals surface area contributed by atoms with E-state index in [9.17, 15) is 9.59 Å². The van der Waals surface area contributed by atoms with Crippen molar-refractivity contribution in [3.63, 3.8) is 0 Å². The van der Waals surface area contributed by atoms with Crippen LogP contribution in [-0.2, 0) is 33.3 Å². The number of hydrogen-bond acceptors (Lipinski definition) is 7. The van der Waals surface area contributed by atoms with Crippen LogP contribution >= 0.6 is 0 Å². The van der Waals surface area contributed by atoms with Gasteiger partial charge >= 0.3 is 17.9 Å². The quantitative estimate of drug-likeness (QED) is 0.203. The fourth-order valence-corrected chi connectivity index (χ4v) is 2.08. The van der Waals surface area contributed by atoms with Gasteiger partial charge < -0.3 is 28.8 Å². The minimum atomic E-state index is -1.25. The lowest BCUT2D eigenvalue weighted by Gasteiger charge is -2.32. The SMILES string of the molecule is CCCCOC(COCCOC(=O)CCCC(=O)O)(OCC)OCCCC. The second-order valence-corrected chi connectivity index (χ2v) is 6.04. The van der Waals surface area contributed by atoms with Crippen LogP contribution in [0.25, 0.3) is 0 Å². The van der Waals surface area contributed by atoms with E-state index in [1.165, 1.54) is 0 Å². The molecule has 0 atom stereocenters. The first-order valence-electron chi connectivity index (χ1n) is 9.86. The maximum atomic E-state index is 11.5. The number of carboxylic acids is 1. The highest BCUT2D eigenvalue weighted by molar-refractivity contribution is 5.71. The van der Waals surface area contributed by atoms with E-state index in [0.717, 1.165) is 25.7 Å². The average Bonchev–Trinajstić information content (AvgIpc) is 2.62. The van der Waals surface area contributed by atoms with Crippen molar-refractivity contribution in [2.45, 2.75) is 71.7 Å². The van der Waals surface area contributed by atoms with Gasteiger partial charge in [-0.2, -0.15) is 0 Å². The zero-order valence-corrected chi connectivity index (χ0v) is 17.0. The Hall–Kier alpha value is -1.22. The Balaban J connectivity index is 4.27. The van der Waals surface area contributed by atoms with Crippen molar-refractivity contribution in [1.82, 2.24) is 0 Å². The van der Waals surface area contributed by atoms with Gasteiger partial charge in [0.25, 0.3) is 0 Å². The van der Waals surface area contributed by atoms with Crippen LogP contribution in [0.15, 0.2) is 0 Å². The summed E-state index contributed by atoms with van der Waals surface area (Å²) in [4.78, 5) is 21.9. The molecule has 1 N–H and O–H groups in total. The van der Waals surface area contributed by atoms with E-state index < -0.39 is 17.9 Å². The summed E-state index contributed by atoms with van der Waals surface area (Å²) < 4.78 is 27.9. The van der Waals surface area contributed by atoms with Crippen LogP contribution in [0.1, 0.15) is 65.7 Å². The molecule has 0 unspecified atom stereocenters. The number of esters is 1. The van der Waals surface area contributed by atoms with Crippen molar-refractivity contribution < 1.29 is 38.4 Å². The van der Waals surface area contributed by atoms with Gasteiger partial charge in [0.2, 0.25) is 0 Å². The molecule has 0 aromatic rings. The minimum Gasteiger partial charge on any atom is -0.481 e. The van der Waals surface area contributed by atoms with Crippen molar-refractivity contribution in [2.75, 3.05) is 39.6 Å². The van der Waals surface area contributed by atoms with Gasteiger partial charge in [0.05, 0.1) is 19.8 Å². The standard InChI is InChI=1S/C19H36O8/c1-4-7-12-26-19(25-6-3,27-13-8-5-2)16-23-14-15-24-18(22)11-9-10-17(20)21/h4-16H2,1-3H3,(H,20,21). The number of carbonyl (C=O) groups is 2. The highest BCUT2D eigenvalue weighted by Gasteiger charge is 2.33. The first-order chi connectivity index (χ1) is 13.0. The molecule has 0 radical (unpaired) electrons. The fourth-order valence-electron chi connectivity index (χ4n) is 2.08. The second kappa shape index (κ2) is 16.9. The largest absolute Gasteiger partial charge is 0.481 e. The molecule has 0 aromatic heterocycles. The normalized spacial score (nSPS) is 11.5. The number of aliphatic carboxylic acids is 1. The highest BCUT2D eigenvalue weighted by atomic mass is 16.9. The highest BCUT2D eigenvalue weighted by Crippen LogP contribution is 2.18. The molecular weight excluding hydrogens is 356 g/mol. The van der Waals surface area contributed by atoms with Gasteiger partial charge in [-0.15, -0.1) is 0 Å². The molecule has 160 valence electrons. The zero-order chi connectivity index (χ0) is 20.4. The number of ether oxygens (including phenoxy) is 5. The lowest BCUT2D eigenvalue weighted by molar-refractivity contribution is -0.394. The summed E-state index contributed by atoms with van der Waals surface area (Å²) in [6.07, 6.45) is 4.06. The summed E-state index contributed by atoms with van der Waals surface area (Å²) in [5.74, 6) is -2.61. The molecule has 0 heterocycles. The third-order valence-electron chi connectivity index (χ3n) is 3.55. The molecular formula is C19H36O8. The van der Waals surface area contributed by atoms with E-state index in [1.807, 2.05) is 6.92 Å². The van der Waals surface area contributed by atoms with Crippen LogP contribution in [0.3, 0.4) is 0 Å². The van der Waals surface area contributed by atoms with Gasteiger partial charge in [0.15, 0.2) is 0 Å². The summed E-state index contributed by atoms with van der Waals surface area (Å²) in [6, 6.07) is 0. The van der Waals surface area contributed by atoms with Crippen LogP contribution in [0.5, 0.6) is 0 Å². The molecule has 0 fully saturated rings. The van der Waals surface area contributed by atoms with Crippen LogP contribution in [-0.4, -0.2) is 62.7 Å².